The van der Waals surface area contributed by atoms with Crippen LogP contribution in [-0.4, -0.2) is 45.4 Å². The van der Waals surface area contributed by atoms with Crippen LogP contribution in [0.3, 0.4) is 0 Å². The Hall–Kier alpha value is -4.72. The molecule has 8 heteroatoms. The van der Waals surface area contributed by atoms with E-state index in [4.69, 9.17) is 31.0 Å². The van der Waals surface area contributed by atoms with E-state index in [-0.39, 0.29) is 11.7 Å². The molecular weight excluding hydrogens is 562 g/mol. The van der Waals surface area contributed by atoms with E-state index in [0.717, 1.165) is 75.4 Å². The lowest BCUT2D eigenvalue weighted by Crippen LogP contribution is -2.15. The fourth-order valence-corrected chi connectivity index (χ4v) is 5.94. The molecule has 0 spiro atoms. The van der Waals surface area contributed by atoms with Crippen LogP contribution in [0.2, 0.25) is 5.02 Å². The fourth-order valence-electron chi connectivity index (χ4n) is 5.82. The largest absolute Gasteiger partial charge is 0.497 e. The fraction of sp³-hybridized carbons (Fsp3) is 0.171. The number of carboxylic acids is 1. The van der Waals surface area contributed by atoms with E-state index in [0.29, 0.717) is 17.1 Å². The van der Waals surface area contributed by atoms with E-state index in [2.05, 4.69) is 16.7 Å². The van der Waals surface area contributed by atoms with Gasteiger partial charge in [0.05, 0.1) is 47.6 Å². The van der Waals surface area contributed by atoms with Crippen molar-refractivity contribution in [1.82, 2.24) is 14.5 Å². The van der Waals surface area contributed by atoms with Gasteiger partial charge in [-0.2, -0.15) is 0 Å². The zero-order chi connectivity index (χ0) is 29.5. The van der Waals surface area contributed by atoms with Crippen LogP contribution in [0, 0.1) is 0 Å². The Morgan fingerprint density at radius 3 is 2.53 bits per heavy atom. The maximum absolute atomic E-state index is 11.6. The molecule has 7 rings (SSSR count). The van der Waals surface area contributed by atoms with E-state index in [1.54, 1.807) is 19.2 Å². The van der Waals surface area contributed by atoms with Crippen LogP contribution in [0.1, 0.15) is 23.2 Å². The zero-order valence-electron chi connectivity index (χ0n) is 23.5. The van der Waals surface area contributed by atoms with Crippen molar-refractivity contribution in [2.45, 2.75) is 25.5 Å². The van der Waals surface area contributed by atoms with Crippen molar-refractivity contribution < 1.29 is 19.4 Å². The lowest BCUT2D eigenvalue weighted by molar-refractivity contribution is 0.0697. The molecule has 43 heavy (non-hydrogen) atoms. The van der Waals surface area contributed by atoms with Gasteiger partial charge in [-0.3, -0.25) is 0 Å². The highest BCUT2D eigenvalue weighted by atomic mass is 35.5. The van der Waals surface area contributed by atoms with Crippen molar-refractivity contribution in [3.05, 3.63) is 102 Å². The number of hydrogen-bond donors (Lipinski definition) is 1. The summed E-state index contributed by atoms with van der Waals surface area (Å²) in [5, 5.41) is 11.2. The summed E-state index contributed by atoms with van der Waals surface area (Å²) in [6.45, 7) is 1.41. The minimum Gasteiger partial charge on any atom is -0.497 e. The third-order valence-corrected chi connectivity index (χ3v) is 8.26. The van der Waals surface area contributed by atoms with E-state index in [1.165, 1.54) is 0 Å². The molecule has 1 atom stereocenters. The lowest BCUT2D eigenvalue weighted by atomic mass is 9.96. The second kappa shape index (κ2) is 11.2. The lowest BCUT2D eigenvalue weighted by Gasteiger charge is -2.15. The highest BCUT2D eigenvalue weighted by molar-refractivity contribution is 6.30. The number of aromatic nitrogens is 3. The van der Waals surface area contributed by atoms with Crippen LogP contribution in [0.5, 0.6) is 5.75 Å². The summed E-state index contributed by atoms with van der Waals surface area (Å²) >= 11 is 6.15. The monoisotopic (exact) mass is 589 g/mol. The smallest absolute Gasteiger partial charge is 0.335 e. The van der Waals surface area contributed by atoms with Crippen LogP contribution in [0.4, 0.5) is 0 Å². The number of methoxy groups -OCH3 is 1. The third-order valence-electron chi connectivity index (χ3n) is 8.01. The molecule has 214 valence electrons. The van der Waals surface area contributed by atoms with Crippen molar-refractivity contribution in [2.75, 3.05) is 13.7 Å². The maximum Gasteiger partial charge on any atom is 0.335 e. The molecule has 6 aromatic rings. The molecule has 0 aliphatic carbocycles. The second-order valence-corrected chi connectivity index (χ2v) is 11.1. The minimum atomic E-state index is -0.972. The van der Waals surface area contributed by atoms with Gasteiger partial charge in [0.2, 0.25) is 0 Å². The predicted molar refractivity (Wildman–Crippen MR) is 169 cm³/mol. The van der Waals surface area contributed by atoms with Gasteiger partial charge in [-0.05, 0) is 90.7 Å². The Kier molecular flexibility index (Phi) is 7.05. The Morgan fingerprint density at radius 2 is 1.77 bits per heavy atom. The van der Waals surface area contributed by atoms with Gasteiger partial charge in [0.25, 0.3) is 0 Å². The van der Waals surface area contributed by atoms with Gasteiger partial charge >= 0.3 is 5.97 Å². The molecule has 4 aromatic carbocycles. The van der Waals surface area contributed by atoms with Crippen molar-refractivity contribution in [1.29, 1.82) is 0 Å². The quantitative estimate of drug-likeness (QED) is 0.202. The normalized spacial score (nSPS) is 14.9. The summed E-state index contributed by atoms with van der Waals surface area (Å²) in [6, 6.07) is 29.1. The average Bonchev–Trinajstić information content (AvgIpc) is 3.68. The number of rotatable bonds is 7. The summed E-state index contributed by atoms with van der Waals surface area (Å²) in [4.78, 5) is 21.6. The number of imidazole rings is 1. The highest BCUT2D eigenvalue weighted by Crippen LogP contribution is 2.36. The molecule has 0 amide bonds. The number of halogens is 1. The molecule has 1 aliphatic heterocycles. The molecule has 1 fully saturated rings. The van der Waals surface area contributed by atoms with E-state index < -0.39 is 5.97 Å². The summed E-state index contributed by atoms with van der Waals surface area (Å²) in [6.07, 6.45) is 2.11. The second-order valence-electron chi connectivity index (χ2n) is 10.7. The Morgan fingerprint density at radius 1 is 0.930 bits per heavy atom. The number of aromatic carboxylic acids is 1. The SMILES string of the molecule is COc1ccc(-c2ccc(Cl)cc2)c(-c2ccc3cc(-c4nc5cc(C(=O)O)ccc5n4CC4CCCO4)ccc3n2)c1. The van der Waals surface area contributed by atoms with Crippen LogP contribution in [0.25, 0.3) is 55.7 Å². The molecule has 7 nitrogen and oxygen atoms in total. The Labute approximate surface area is 253 Å². The summed E-state index contributed by atoms with van der Waals surface area (Å²) in [5.74, 6) is 0.554. The molecule has 1 N–H and O–H groups in total. The van der Waals surface area contributed by atoms with E-state index in [1.807, 2.05) is 66.7 Å². The molecule has 0 saturated carbocycles. The molecule has 1 aliphatic rings. The molecule has 0 radical (unpaired) electrons. The van der Waals surface area contributed by atoms with E-state index >= 15 is 0 Å². The van der Waals surface area contributed by atoms with Crippen LogP contribution in [0.15, 0.2) is 91.0 Å². The number of pyridine rings is 1. The standard InChI is InChI=1S/C35H28ClN3O4/c1-42-26-11-12-28(21-4-9-25(36)10-5-21)29(19-26)31-14-6-22-17-23(7-13-30(22)37-31)34-38-32-18-24(35(40)41)8-15-33(32)39(34)20-27-3-2-16-43-27/h4-15,17-19,27H,2-3,16,20H2,1H3,(H,40,41). The number of ether oxygens (including phenoxy) is 2. The maximum atomic E-state index is 11.6. The van der Waals surface area contributed by atoms with Crippen molar-refractivity contribution >= 4 is 39.5 Å². The van der Waals surface area contributed by atoms with Crippen molar-refractivity contribution in [3.8, 4) is 39.5 Å². The van der Waals surface area contributed by atoms with Gasteiger partial charge in [0.15, 0.2) is 0 Å². The van der Waals surface area contributed by atoms with Gasteiger partial charge in [-0.15, -0.1) is 0 Å². The first kappa shape index (κ1) is 27.1. The third kappa shape index (κ3) is 5.22. The Bertz CT molecular complexity index is 2000. The number of fused-ring (bicyclic) bond motifs is 2. The first-order valence-electron chi connectivity index (χ1n) is 14.2. The van der Waals surface area contributed by atoms with Crippen LogP contribution in [-0.2, 0) is 11.3 Å². The highest BCUT2D eigenvalue weighted by Gasteiger charge is 2.22. The van der Waals surface area contributed by atoms with Gasteiger partial charge < -0.3 is 19.1 Å². The topological polar surface area (TPSA) is 86.5 Å². The molecule has 3 heterocycles. The van der Waals surface area contributed by atoms with Crippen molar-refractivity contribution in [2.24, 2.45) is 0 Å². The minimum absolute atomic E-state index is 0.0951. The number of carbonyl (C=O) groups is 1. The van der Waals surface area contributed by atoms with Crippen molar-refractivity contribution in [3.63, 3.8) is 0 Å². The predicted octanol–water partition coefficient (Wildman–Crippen LogP) is 8.12. The Balaban J connectivity index is 1.31. The number of nitrogens with zero attached hydrogens (tertiary/aromatic N) is 3. The number of carboxylic acid groups (broad SMARTS) is 1. The molecular formula is C35H28ClN3O4. The average molecular weight is 590 g/mol. The molecule has 2 aromatic heterocycles. The summed E-state index contributed by atoms with van der Waals surface area (Å²) in [5.41, 5.74) is 7.38. The molecule has 1 saturated heterocycles. The summed E-state index contributed by atoms with van der Waals surface area (Å²) < 4.78 is 13.6. The first-order chi connectivity index (χ1) is 21.0. The zero-order valence-corrected chi connectivity index (χ0v) is 24.2. The van der Waals surface area contributed by atoms with Crippen LogP contribution >= 0.6 is 11.6 Å². The van der Waals surface area contributed by atoms with Gasteiger partial charge in [-0.1, -0.05) is 35.9 Å². The first-order valence-corrected chi connectivity index (χ1v) is 14.6. The number of benzene rings is 4. The number of hydrogen-bond acceptors (Lipinski definition) is 5. The van der Waals surface area contributed by atoms with Gasteiger partial charge in [0.1, 0.15) is 11.6 Å². The molecule has 1 unspecified atom stereocenters. The molecule has 0 bridgehead atoms. The van der Waals surface area contributed by atoms with E-state index in [9.17, 15) is 9.90 Å². The summed E-state index contributed by atoms with van der Waals surface area (Å²) in [7, 11) is 1.66. The van der Waals surface area contributed by atoms with Crippen LogP contribution < -0.4 is 4.74 Å². The van der Waals surface area contributed by atoms with Gasteiger partial charge in [-0.25, -0.2) is 14.8 Å². The van der Waals surface area contributed by atoms with Gasteiger partial charge in [0, 0.05) is 28.1 Å².